The van der Waals surface area contributed by atoms with Gasteiger partial charge in [-0.15, -0.1) is 0 Å². The van der Waals surface area contributed by atoms with Gasteiger partial charge in [0.05, 0.1) is 36.9 Å². The fourth-order valence-corrected chi connectivity index (χ4v) is 5.93. The van der Waals surface area contributed by atoms with Crippen molar-refractivity contribution in [3.8, 4) is 22.9 Å². The number of nitrogens with zero attached hydrogens (tertiary/aromatic N) is 7. The largest absolute Gasteiger partial charge is 0.481 e. The number of hydrogen-bond acceptors (Lipinski definition) is 8. The van der Waals surface area contributed by atoms with Crippen molar-refractivity contribution in [3.05, 3.63) is 76.3 Å². The molecule has 0 radical (unpaired) electrons. The minimum absolute atomic E-state index is 0.222. The van der Waals surface area contributed by atoms with E-state index < -0.39 is 5.97 Å². The van der Waals surface area contributed by atoms with Crippen LogP contribution in [0.3, 0.4) is 0 Å². The summed E-state index contributed by atoms with van der Waals surface area (Å²) in [5, 5.41) is 14.5. The number of fused-ring (bicyclic) bond motifs is 1. The number of rotatable bonds is 8. The summed E-state index contributed by atoms with van der Waals surface area (Å²) in [6, 6.07) is 11.3. The van der Waals surface area contributed by atoms with Crippen molar-refractivity contribution in [2.75, 3.05) is 24.5 Å². The van der Waals surface area contributed by atoms with Gasteiger partial charge in [0.15, 0.2) is 5.75 Å². The van der Waals surface area contributed by atoms with Crippen LogP contribution in [0.25, 0.3) is 11.3 Å². The van der Waals surface area contributed by atoms with Crippen molar-refractivity contribution in [2.24, 2.45) is 5.92 Å². The highest BCUT2D eigenvalue weighted by Crippen LogP contribution is 2.31. The molecule has 0 bridgehead atoms. The highest BCUT2D eigenvalue weighted by Gasteiger charge is 2.22. The molecule has 1 fully saturated rings. The van der Waals surface area contributed by atoms with Gasteiger partial charge in [-0.1, -0.05) is 23.2 Å². The Hall–Kier alpha value is -3.73. The molecule has 2 aliphatic rings. The number of aliphatic carboxylic acids is 1. The molecule has 6 rings (SSSR count). The maximum absolute atomic E-state index is 11.1. The molecule has 0 atom stereocenters. The second-order valence-electron chi connectivity index (χ2n) is 10.5. The maximum Gasteiger partial charge on any atom is 0.303 e. The van der Waals surface area contributed by atoms with Crippen LogP contribution in [0.1, 0.15) is 30.5 Å². The summed E-state index contributed by atoms with van der Waals surface area (Å²) in [5.74, 6) is 1.01. The van der Waals surface area contributed by atoms with Gasteiger partial charge in [-0.3, -0.25) is 14.4 Å². The average molecular weight is 595 g/mol. The third kappa shape index (κ3) is 6.78. The first-order valence-corrected chi connectivity index (χ1v) is 14.3. The van der Waals surface area contributed by atoms with Crippen LogP contribution in [0.2, 0.25) is 10.0 Å². The number of pyridine rings is 1. The van der Waals surface area contributed by atoms with Crippen molar-refractivity contribution < 1.29 is 14.6 Å². The number of hydrogen-bond donors (Lipinski definition) is 1. The second-order valence-corrected chi connectivity index (χ2v) is 11.3. The van der Waals surface area contributed by atoms with Crippen molar-refractivity contribution in [3.63, 3.8) is 0 Å². The molecule has 10 nitrogen and oxygen atoms in total. The zero-order valence-electron chi connectivity index (χ0n) is 22.3. The number of benzene rings is 1. The fraction of sp³-hybridized carbons (Fsp3) is 0.345. The van der Waals surface area contributed by atoms with E-state index >= 15 is 0 Å². The highest BCUT2D eigenvalue weighted by atomic mass is 35.5. The number of carboxylic acids is 1. The Labute approximate surface area is 247 Å². The minimum Gasteiger partial charge on any atom is -0.481 e. The van der Waals surface area contributed by atoms with Gasteiger partial charge in [-0.05, 0) is 67.7 Å². The summed E-state index contributed by atoms with van der Waals surface area (Å²) in [6.45, 7) is 4.61. The Morgan fingerprint density at radius 3 is 2.49 bits per heavy atom. The Bertz CT molecular complexity index is 1520. The van der Waals surface area contributed by atoms with Crippen molar-refractivity contribution in [1.82, 2.24) is 29.6 Å². The normalized spacial score (nSPS) is 16.0. The summed E-state index contributed by atoms with van der Waals surface area (Å²) in [5.41, 5.74) is 3.61. The topological polar surface area (TPSA) is 109 Å². The first-order chi connectivity index (χ1) is 19.9. The summed E-state index contributed by atoms with van der Waals surface area (Å²) in [6.07, 6.45) is 7.08. The van der Waals surface area contributed by atoms with E-state index in [4.69, 9.17) is 38.0 Å². The van der Waals surface area contributed by atoms with Gasteiger partial charge in [0.1, 0.15) is 0 Å². The summed E-state index contributed by atoms with van der Waals surface area (Å²) >= 11 is 12.6. The molecule has 3 aromatic heterocycles. The molecular formula is C29H29Cl2N7O3. The van der Waals surface area contributed by atoms with Crippen molar-refractivity contribution in [2.45, 2.75) is 38.9 Å². The molecule has 4 aromatic rings. The lowest BCUT2D eigenvalue weighted by Gasteiger charge is -2.31. The SMILES string of the molecule is O=C(O)CC1CCN(Cc2cc(Oc3cnc(N4CCn5nccc5C4)nc3)nc(-c3cc(Cl)cc(Cl)c3)c2)CC1. The van der Waals surface area contributed by atoms with Crippen LogP contribution in [0.5, 0.6) is 11.6 Å². The van der Waals surface area contributed by atoms with E-state index in [1.54, 1.807) is 18.5 Å². The zero-order valence-corrected chi connectivity index (χ0v) is 23.8. The lowest BCUT2D eigenvalue weighted by Crippen LogP contribution is -2.34. The first-order valence-electron chi connectivity index (χ1n) is 13.5. The highest BCUT2D eigenvalue weighted by molar-refractivity contribution is 6.35. The Morgan fingerprint density at radius 2 is 1.76 bits per heavy atom. The molecule has 0 aliphatic carbocycles. The van der Waals surface area contributed by atoms with E-state index in [1.807, 2.05) is 41.2 Å². The molecule has 212 valence electrons. The van der Waals surface area contributed by atoms with Gasteiger partial charge in [-0.25, -0.2) is 15.0 Å². The van der Waals surface area contributed by atoms with Crippen molar-refractivity contribution in [1.29, 1.82) is 0 Å². The van der Waals surface area contributed by atoms with E-state index in [1.165, 1.54) is 0 Å². The predicted molar refractivity (Wildman–Crippen MR) is 155 cm³/mol. The zero-order chi connectivity index (χ0) is 28.3. The standard InChI is InChI=1S/C29H29Cl2N7O3/c30-22-12-21(13-23(31)14-22)26-9-20(17-36-5-2-19(3-6-36)11-28(39)40)10-27(35-26)41-25-15-32-29(33-16-25)37-7-8-38-24(18-37)1-4-34-38/h1,4,9-10,12-16,19H,2-3,5-8,11,17-18H2,(H,39,40). The first kappa shape index (κ1) is 27.4. The molecule has 41 heavy (non-hydrogen) atoms. The van der Waals surface area contributed by atoms with E-state index in [-0.39, 0.29) is 12.3 Å². The van der Waals surface area contributed by atoms with Crippen LogP contribution in [0.15, 0.2) is 55.0 Å². The lowest BCUT2D eigenvalue weighted by molar-refractivity contribution is -0.138. The third-order valence-corrected chi connectivity index (χ3v) is 7.89. The fourth-order valence-electron chi connectivity index (χ4n) is 5.41. The third-order valence-electron chi connectivity index (χ3n) is 7.46. The van der Waals surface area contributed by atoms with E-state index in [2.05, 4.69) is 24.9 Å². The maximum atomic E-state index is 11.1. The smallest absolute Gasteiger partial charge is 0.303 e. The van der Waals surface area contributed by atoms with Gasteiger partial charge < -0.3 is 14.7 Å². The lowest BCUT2D eigenvalue weighted by atomic mass is 9.93. The molecule has 5 heterocycles. The molecule has 0 amide bonds. The van der Waals surface area contributed by atoms with Crippen LogP contribution >= 0.6 is 23.2 Å². The summed E-state index contributed by atoms with van der Waals surface area (Å²) in [7, 11) is 0. The van der Waals surface area contributed by atoms with Crippen LogP contribution < -0.4 is 9.64 Å². The number of likely N-dealkylation sites (tertiary alicyclic amines) is 1. The molecule has 1 N–H and O–H groups in total. The number of ether oxygens (including phenoxy) is 1. The molecule has 2 aliphatic heterocycles. The summed E-state index contributed by atoms with van der Waals surface area (Å²) < 4.78 is 8.15. The molecule has 0 saturated carbocycles. The number of halogens is 2. The molecule has 1 aromatic carbocycles. The average Bonchev–Trinajstić information content (AvgIpc) is 3.42. The Kier molecular flexibility index (Phi) is 8.04. The van der Waals surface area contributed by atoms with Crippen LogP contribution in [-0.4, -0.2) is 60.3 Å². The number of aromatic nitrogens is 5. The van der Waals surface area contributed by atoms with Crippen molar-refractivity contribution >= 4 is 35.1 Å². The molecule has 0 unspecified atom stereocenters. The van der Waals surface area contributed by atoms with E-state index in [0.29, 0.717) is 46.4 Å². The summed E-state index contributed by atoms with van der Waals surface area (Å²) in [4.78, 5) is 29.4. The number of carbonyl (C=O) groups is 1. The molecule has 1 saturated heterocycles. The number of carboxylic acid groups (broad SMARTS) is 1. The Balaban J connectivity index is 1.21. The van der Waals surface area contributed by atoms with Crippen LogP contribution in [-0.2, 0) is 24.4 Å². The Morgan fingerprint density at radius 1 is 1.00 bits per heavy atom. The predicted octanol–water partition coefficient (Wildman–Crippen LogP) is 5.54. The van der Waals surface area contributed by atoms with Crippen LogP contribution in [0, 0.1) is 5.92 Å². The quantitative estimate of drug-likeness (QED) is 0.281. The second kappa shape index (κ2) is 12.0. The van der Waals surface area contributed by atoms with Gasteiger partial charge in [0.25, 0.3) is 0 Å². The molecular weight excluding hydrogens is 565 g/mol. The van der Waals surface area contributed by atoms with Gasteiger partial charge in [0.2, 0.25) is 11.8 Å². The molecule has 12 heteroatoms. The minimum atomic E-state index is -0.732. The van der Waals surface area contributed by atoms with Gasteiger partial charge >= 0.3 is 5.97 Å². The van der Waals surface area contributed by atoms with E-state index in [0.717, 1.165) is 55.8 Å². The number of piperidine rings is 1. The van der Waals surface area contributed by atoms with Crippen LogP contribution in [0.4, 0.5) is 5.95 Å². The monoisotopic (exact) mass is 593 g/mol. The van der Waals surface area contributed by atoms with E-state index in [9.17, 15) is 4.79 Å². The molecule has 0 spiro atoms. The number of anilines is 1. The van der Waals surface area contributed by atoms with Gasteiger partial charge in [0, 0.05) is 47.4 Å². The van der Waals surface area contributed by atoms with Gasteiger partial charge in [-0.2, -0.15) is 5.10 Å².